The second-order valence-corrected chi connectivity index (χ2v) is 4.46. The minimum absolute atomic E-state index is 0.691. The zero-order valence-corrected chi connectivity index (χ0v) is 10.5. The van der Waals surface area contributed by atoms with Crippen LogP contribution >= 0.6 is 15.9 Å². The molecule has 82 valence electrons. The fraction of sp³-hybridized carbons (Fsp3) is 0.0769. The third kappa shape index (κ3) is 1.46. The number of benzene rings is 2. The lowest BCUT2D eigenvalue weighted by molar-refractivity contribution is 1.34. The normalized spacial score (nSPS) is 10.9. The average molecular weight is 286 g/mol. The first-order valence-electron chi connectivity index (χ1n) is 5.23. The zero-order valence-electron chi connectivity index (χ0n) is 8.89. The van der Waals surface area contributed by atoms with E-state index < -0.39 is 0 Å². The van der Waals surface area contributed by atoms with Crippen molar-refractivity contribution in [1.29, 1.82) is 0 Å². The lowest BCUT2D eigenvalue weighted by Gasteiger charge is -2.25. The van der Waals surface area contributed by atoms with Crippen molar-refractivity contribution in [1.82, 2.24) is 0 Å². The van der Waals surface area contributed by atoms with Crippen LogP contribution in [0.5, 0.6) is 0 Å². The molecule has 0 heterocycles. The molecule has 0 atom stereocenters. The van der Waals surface area contributed by atoms with Crippen LogP contribution < -0.4 is 0 Å². The lowest BCUT2D eigenvalue weighted by Crippen LogP contribution is -1.99. The number of alkyl halides is 1. The maximum absolute atomic E-state index is 8.56. The summed E-state index contributed by atoms with van der Waals surface area (Å²) in [6, 6.07) is 12.3. The number of halogens is 1. The van der Waals surface area contributed by atoms with Gasteiger partial charge in [-0.25, -0.2) is 0 Å². The van der Waals surface area contributed by atoms with E-state index in [0.717, 1.165) is 5.56 Å². The first-order chi connectivity index (χ1) is 8.35. The molecule has 0 N–H and O–H groups in total. The van der Waals surface area contributed by atoms with Gasteiger partial charge in [-0.3, -0.25) is 0 Å². The largest absolute Gasteiger partial charge is 0.0876 e. The Morgan fingerprint density at radius 1 is 1.06 bits per heavy atom. The Morgan fingerprint density at radius 2 is 1.71 bits per heavy atom. The highest BCUT2D eigenvalue weighted by Crippen LogP contribution is 2.49. The van der Waals surface area contributed by atoms with Crippen molar-refractivity contribution < 1.29 is 0 Å². The van der Waals surface area contributed by atoms with Gasteiger partial charge >= 0.3 is 0 Å². The van der Waals surface area contributed by atoms with Crippen molar-refractivity contribution in [2.75, 3.05) is 0 Å². The van der Waals surface area contributed by atoms with Gasteiger partial charge < -0.3 is 0 Å². The van der Waals surface area contributed by atoms with Crippen LogP contribution in [0.25, 0.3) is 32.7 Å². The van der Waals surface area contributed by atoms with Gasteiger partial charge in [0.15, 0.2) is 0 Å². The monoisotopic (exact) mass is 285 g/mol. The second kappa shape index (κ2) is 3.91. The van der Waals surface area contributed by atoms with E-state index in [0.29, 0.717) is 11.0 Å². The molecule has 0 aromatic heterocycles. The number of rotatable bonds is 2. The quantitative estimate of drug-likeness (QED) is 0.270. The maximum atomic E-state index is 8.56. The summed E-state index contributed by atoms with van der Waals surface area (Å²) in [5, 5.41) is 4.43. The molecule has 4 heteroatoms. The third-order valence-corrected chi connectivity index (χ3v) is 3.63. The number of hydrogen-bond donors (Lipinski definition) is 0. The highest BCUT2D eigenvalue weighted by atomic mass is 79.9. The number of hydrogen-bond acceptors (Lipinski definition) is 1. The lowest BCUT2D eigenvalue weighted by atomic mass is 9.79. The van der Waals surface area contributed by atoms with E-state index in [1.54, 1.807) is 0 Å². The van der Waals surface area contributed by atoms with Crippen molar-refractivity contribution in [3.63, 3.8) is 0 Å². The van der Waals surface area contributed by atoms with E-state index in [9.17, 15) is 0 Å². The van der Waals surface area contributed by atoms with Crippen molar-refractivity contribution in [3.05, 3.63) is 52.4 Å². The molecule has 0 amide bonds. The van der Waals surface area contributed by atoms with Gasteiger partial charge in [-0.1, -0.05) is 45.3 Å². The predicted octanol–water partition coefficient (Wildman–Crippen LogP) is 5.17. The smallest absolute Gasteiger partial charge is 0.0422 e. The van der Waals surface area contributed by atoms with Crippen molar-refractivity contribution in [3.8, 4) is 22.3 Å². The van der Waals surface area contributed by atoms with Crippen LogP contribution in [0.4, 0.5) is 5.69 Å². The molecule has 0 fully saturated rings. The SMILES string of the molecule is [N-]=[N+]=Nc1cc2c(cc1CBr)-c1ccccc1-2. The van der Waals surface area contributed by atoms with Gasteiger partial charge in [0.2, 0.25) is 0 Å². The summed E-state index contributed by atoms with van der Waals surface area (Å²) in [7, 11) is 0. The Bertz CT molecular complexity index is 658. The highest BCUT2D eigenvalue weighted by Gasteiger charge is 2.22. The molecule has 0 radical (unpaired) electrons. The van der Waals surface area contributed by atoms with Gasteiger partial charge in [0.05, 0.1) is 0 Å². The minimum Gasteiger partial charge on any atom is -0.0876 e. The van der Waals surface area contributed by atoms with Crippen LogP contribution in [0.1, 0.15) is 5.56 Å². The molecule has 0 saturated heterocycles. The van der Waals surface area contributed by atoms with Gasteiger partial charge in [0, 0.05) is 15.9 Å². The molecule has 0 spiro atoms. The Labute approximate surface area is 107 Å². The summed E-state index contributed by atoms with van der Waals surface area (Å²) < 4.78 is 0. The van der Waals surface area contributed by atoms with Crippen molar-refractivity contribution in [2.45, 2.75) is 5.33 Å². The first kappa shape index (κ1) is 10.4. The van der Waals surface area contributed by atoms with E-state index in [1.807, 2.05) is 18.2 Å². The molecular weight excluding hydrogens is 278 g/mol. The van der Waals surface area contributed by atoms with Crippen LogP contribution in [-0.2, 0) is 5.33 Å². The molecule has 17 heavy (non-hydrogen) atoms. The van der Waals surface area contributed by atoms with Crippen molar-refractivity contribution >= 4 is 21.6 Å². The fourth-order valence-corrected chi connectivity index (χ4v) is 2.67. The van der Waals surface area contributed by atoms with E-state index >= 15 is 0 Å². The molecule has 2 aromatic rings. The predicted molar refractivity (Wildman–Crippen MR) is 72.3 cm³/mol. The topological polar surface area (TPSA) is 48.8 Å². The molecular formula is C13H8BrN3. The average Bonchev–Trinajstić information content (AvgIpc) is 2.37. The number of nitrogens with zero attached hydrogens (tertiary/aromatic N) is 3. The van der Waals surface area contributed by atoms with E-state index in [1.165, 1.54) is 22.3 Å². The van der Waals surface area contributed by atoms with Crippen molar-refractivity contribution in [2.24, 2.45) is 5.11 Å². The molecule has 3 rings (SSSR count). The van der Waals surface area contributed by atoms with Crippen LogP contribution in [0.2, 0.25) is 0 Å². The van der Waals surface area contributed by atoms with Crippen LogP contribution in [0.3, 0.4) is 0 Å². The zero-order chi connectivity index (χ0) is 11.8. The molecule has 0 bridgehead atoms. The number of fused-ring (bicyclic) bond motifs is 4. The fourth-order valence-electron chi connectivity index (χ4n) is 2.22. The Kier molecular flexibility index (Phi) is 2.39. The molecule has 1 aliphatic rings. The highest BCUT2D eigenvalue weighted by molar-refractivity contribution is 9.08. The summed E-state index contributed by atoms with van der Waals surface area (Å²) in [5.41, 5.74) is 15.2. The first-order valence-corrected chi connectivity index (χ1v) is 6.35. The molecule has 3 nitrogen and oxygen atoms in total. The van der Waals surface area contributed by atoms with Gasteiger partial charge in [-0.15, -0.1) is 0 Å². The maximum Gasteiger partial charge on any atom is 0.0422 e. The Hall–Kier alpha value is -1.77. The van der Waals surface area contributed by atoms with Gasteiger partial charge in [0.1, 0.15) is 0 Å². The minimum atomic E-state index is 0.691. The summed E-state index contributed by atoms with van der Waals surface area (Å²) in [6.45, 7) is 0. The van der Waals surface area contributed by atoms with E-state index in [2.05, 4.69) is 44.2 Å². The van der Waals surface area contributed by atoms with Gasteiger partial charge in [-0.2, -0.15) is 0 Å². The third-order valence-electron chi connectivity index (χ3n) is 3.02. The molecule has 0 saturated carbocycles. The summed E-state index contributed by atoms with van der Waals surface area (Å²) in [4.78, 5) is 2.87. The summed E-state index contributed by atoms with van der Waals surface area (Å²) in [5.74, 6) is 0. The molecule has 1 aliphatic carbocycles. The summed E-state index contributed by atoms with van der Waals surface area (Å²) in [6.07, 6.45) is 0. The van der Waals surface area contributed by atoms with Gasteiger partial charge in [-0.05, 0) is 45.5 Å². The molecule has 0 unspecified atom stereocenters. The Morgan fingerprint density at radius 3 is 2.29 bits per heavy atom. The van der Waals surface area contributed by atoms with Crippen LogP contribution in [0, 0.1) is 0 Å². The van der Waals surface area contributed by atoms with Crippen LogP contribution in [-0.4, -0.2) is 0 Å². The second-order valence-electron chi connectivity index (χ2n) is 3.90. The standard InChI is InChI=1S/C13H8BrN3/c14-7-8-5-11-9-3-1-2-4-10(9)12(11)6-13(8)16-17-15/h1-6H,7H2. The summed E-state index contributed by atoms with van der Waals surface area (Å²) >= 11 is 3.42. The number of azide groups is 1. The van der Waals surface area contributed by atoms with E-state index in [4.69, 9.17) is 5.53 Å². The van der Waals surface area contributed by atoms with Crippen LogP contribution in [0.15, 0.2) is 41.5 Å². The Balaban J connectivity index is 2.22. The van der Waals surface area contributed by atoms with Gasteiger partial charge in [0.25, 0.3) is 0 Å². The molecule has 2 aromatic carbocycles. The van der Waals surface area contributed by atoms with E-state index in [-0.39, 0.29) is 0 Å². The molecule has 0 aliphatic heterocycles.